The van der Waals surface area contributed by atoms with E-state index in [-0.39, 0.29) is 11.6 Å². The second kappa shape index (κ2) is 4.59. The van der Waals surface area contributed by atoms with Gasteiger partial charge in [-0.2, -0.15) is 0 Å². The molecule has 5 heteroatoms. The molecule has 0 aliphatic rings. The minimum Gasteiger partial charge on any atom is -0.381 e. The van der Waals surface area contributed by atoms with Gasteiger partial charge >= 0.3 is 0 Å². The largest absolute Gasteiger partial charge is 0.381 e. The van der Waals surface area contributed by atoms with Crippen molar-refractivity contribution in [1.82, 2.24) is 15.2 Å². The van der Waals surface area contributed by atoms with Gasteiger partial charge in [-0.3, -0.25) is 0 Å². The molecule has 0 saturated carbocycles. The number of nitrogens with zero attached hydrogens (tertiary/aromatic N) is 3. The van der Waals surface area contributed by atoms with E-state index in [9.17, 15) is 0 Å². The summed E-state index contributed by atoms with van der Waals surface area (Å²) in [5.74, 6) is 1.17. The zero-order valence-corrected chi connectivity index (χ0v) is 7.82. The van der Waals surface area contributed by atoms with Crippen LogP contribution < -0.4 is 11.5 Å². The van der Waals surface area contributed by atoms with Gasteiger partial charge in [-0.15, -0.1) is 10.2 Å². The van der Waals surface area contributed by atoms with Crippen LogP contribution in [-0.2, 0) is 6.42 Å². The van der Waals surface area contributed by atoms with Gasteiger partial charge in [-0.05, 0) is 6.42 Å². The normalized spacial score (nSPS) is 10.2. The van der Waals surface area contributed by atoms with Crippen molar-refractivity contribution in [2.75, 3.05) is 11.5 Å². The standard InChI is InChI=1S/C8H15N5/c1-2-3-4-5-6-11-7(9)8(10)13-12-6/h2-5H2,1H3,(H2,10,13)(H2,9,11,12). The molecule has 1 aromatic rings. The highest BCUT2D eigenvalue weighted by Gasteiger charge is 2.01. The average molecular weight is 181 g/mol. The van der Waals surface area contributed by atoms with E-state index in [1.54, 1.807) is 0 Å². The van der Waals surface area contributed by atoms with Gasteiger partial charge in [0.1, 0.15) is 0 Å². The zero-order valence-electron chi connectivity index (χ0n) is 7.82. The summed E-state index contributed by atoms with van der Waals surface area (Å²) in [5, 5.41) is 7.54. The van der Waals surface area contributed by atoms with Crippen molar-refractivity contribution in [3.63, 3.8) is 0 Å². The summed E-state index contributed by atoms with van der Waals surface area (Å²) < 4.78 is 0. The molecule has 72 valence electrons. The van der Waals surface area contributed by atoms with E-state index in [0.717, 1.165) is 12.8 Å². The minimum atomic E-state index is 0.208. The van der Waals surface area contributed by atoms with Gasteiger partial charge in [0.05, 0.1) is 0 Å². The SMILES string of the molecule is CCCCCc1nnc(N)c(N)n1. The lowest BCUT2D eigenvalue weighted by atomic mass is 10.2. The molecular weight excluding hydrogens is 166 g/mol. The molecule has 1 aromatic heterocycles. The van der Waals surface area contributed by atoms with E-state index in [1.165, 1.54) is 12.8 Å². The van der Waals surface area contributed by atoms with Crippen molar-refractivity contribution in [2.24, 2.45) is 0 Å². The van der Waals surface area contributed by atoms with Crippen LogP contribution in [0.1, 0.15) is 32.0 Å². The maximum Gasteiger partial charge on any atom is 0.188 e. The molecule has 0 spiro atoms. The van der Waals surface area contributed by atoms with Crippen LogP contribution in [0.4, 0.5) is 11.6 Å². The van der Waals surface area contributed by atoms with Crippen LogP contribution in [0.3, 0.4) is 0 Å². The second-order valence-corrected chi connectivity index (χ2v) is 2.96. The molecule has 0 aromatic carbocycles. The molecule has 0 atom stereocenters. The Balaban J connectivity index is 2.53. The monoisotopic (exact) mass is 181 g/mol. The Hall–Kier alpha value is -1.39. The number of anilines is 2. The molecule has 0 fully saturated rings. The lowest BCUT2D eigenvalue weighted by molar-refractivity contribution is 0.684. The van der Waals surface area contributed by atoms with Crippen molar-refractivity contribution < 1.29 is 0 Å². The first-order valence-electron chi connectivity index (χ1n) is 4.48. The molecule has 0 amide bonds. The number of nitrogen functional groups attached to an aromatic ring is 2. The Kier molecular flexibility index (Phi) is 3.42. The number of aryl methyl sites for hydroxylation is 1. The Morgan fingerprint density at radius 2 is 1.85 bits per heavy atom. The topological polar surface area (TPSA) is 90.7 Å². The van der Waals surface area contributed by atoms with Crippen LogP contribution in [0.2, 0.25) is 0 Å². The smallest absolute Gasteiger partial charge is 0.188 e. The van der Waals surface area contributed by atoms with Crippen LogP contribution in [0.5, 0.6) is 0 Å². The van der Waals surface area contributed by atoms with Crippen molar-refractivity contribution in [3.05, 3.63) is 5.82 Å². The Labute approximate surface area is 77.6 Å². The summed E-state index contributed by atoms with van der Waals surface area (Å²) in [6.45, 7) is 2.15. The minimum absolute atomic E-state index is 0.208. The van der Waals surface area contributed by atoms with Crippen molar-refractivity contribution in [3.8, 4) is 0 Å². The maximum absolute atomic E-state index is 5.49. The van der Waals surface area contributed by atoms with Crippen molar-refractivity contribution >= 4 is 11.6 Å². The Morgan fingerprint density at radius 1 is 1.08 bits per heavy atom. The third kappa shape index (κ3) is 2.85. The lowest BCUT2D eigenvalue weighted by Gasteiger charge is -2.00. The fourth-order valence-electron chi connectivity index (χ4n) is 1.02. The number of hydrogen-bond donors (Lipinski definition) is 2. The van der Waals surface area contributed by atoms with Gasteiger partial charge in [-0.25, -0.2) is 4.98 Å². The van der Waals surface area contributed by atoms with Crippen LogP contribution in [0.15, 0.2) is 0 Å². The fraction of sp³-hybridized carbons (Fsp3) is 0.625. The predicted octanol–water partition coefficient (Wildman–Crippen LogP) is 0.769. The molecule has 0 unspecified atom stereocenters. The van der Waals surface area contributed by atoms with Crippen LogP contribution in [0, 0.1) is 0 Å². The highest BCUT2D eigenvalue weighted by molar-refractivity contribution is 5.50. The van der Waals surface area contributed by atoms with Crippen LogP contribution in [-0.4, -0.2) is 15.2 Å². The molecule has 0 bridgehead atoms. The van der Waals surface area contributed by atoms with E-state index in [0.29, 0.717) is 5.82 Å². The van der Waals surface area contributed by atoms with Crippen molar-refractivity contribution in [2.45, 2.75) is 32.6 Å². The van der Waals surface area contributed by atoms with Crippen LogP contribution in [0.25, 0.3) is 0 Å². The van der Waals surface area contributed by atoms with Gasteiger partial charge < -0.3 is 11.5 Å². The molecule has 1 rings (SSSR count). The third-order valence-electron chi connectivity index (χ3n) is 1.79. The first-order valence-corrected chi connectivity index (χ1v) is 4.48. The van der Waals surface area contributed by atoms with E-state index < -0.39 is 0 Å². The van der Waals surface area contributed by atoms with Gasteiger partial charge in [0.15, 0.2) is 17.5 Å². The number of nitrogens with two attached hydrogens (primary N) is 2. The van der Waals surface area contributed by atoms with E-state index in [2.05, 4.69) is 22.1 Å². The number of unbranched alkanes of at least 4 members (excludes halogenated alkanes) is 2. The lowest BCUT2D eigenvalue weighted by Crippen LogP contribution is -2.06. The van der Waals surface area contributed by atoms with Crippen molar-refractivity contribution in [1.29, 1.82) is 0 Å². The predicted molar refractivity (Wildman–Crippen MR) is 51.9 cm³/mol. The molecule has 0 radical (unpaired) electrons. The molecule has 1 heterocycles. The molecule has 5 nitrogen and oxygen atoms in total. The summed E-state index contributed by atoms with van der Waals surface area (Å²) in [7, 11) is 0. The average Bonchev–Trinajstić information content (AvgIpc) is 2.12. The van der Waals surface area contributed by atoms with E-state index in [1.807, 2.05) is 0 Å². The van der Waals surface area contributed by atoms with E-state index >= 15 is 0 Å². The third-order valence-corrected chi connectivity index (χ3v) is 1.79. The summed E-state index contributed by atoms with van der Waals surface area (Å²) in [6, 6.07) is 0. The van der Waals surface area contributed by atoms with Gasteiger partial charge in [-0.1, -0.05) is 19.8 Å². The highest BCUT2D eigenvalue weighted by Crippen LogP contribution is 2.07. The molecule has 0 aliphatic heterocycles. The van der Waals surface area contributed by atoms with E-state index in [4.69, 9.17) is 11.5 Å². The van der Waals surface area contributed by atoms with Gasteiger partial charge in [0.25, 0.3) is 0 Å². The maximum atomic E-state index is 5.49. The molecule has 4 N–H and O–H groups in total. The summed E-state index contributed by atoms with van der Waals surface area (Å²) >= 11 is 0. The van der Waals surface area contributed by atoms with Gasteiger partial charge in [0, 0.05) is 6.42 Å². The van der Waals surface area contributed by atoms with Gasteiger partial charge in [0.2, 0.25) is 0 Å². The molecular formula is C8H15N5. The molecule has 0 saturated heterocycles. The highest BCUT2D eigenvalue weighted by atomic mass is 15.2. The number of aromatic nitrogens is 3. The second-order valence-electron chi connectivity index (χ2n) is 2.96. The summed E-state index contributed by atoms with van der Waals surface area (Å²) in [5.41, 5.74) is 10.9. The Bertz CT molecular complexity index is 273. The summed E-state index contributed by atoms with van der Waals surface area (Å²) in [4.78, 5) is 4.02. The quantitative estimate of drug-likeness (QED) is 0.669. The zero-order chi connectivity index (χ0) is 9.68. The number of hydrogen-bond acceptors (Lipinski definition) is 5. The summed E-state index contributed by atoms with van der Waals surface area (Å²) in [6.07, 6.45) is 4.25. The first-order chi connectivity index (χ1) is 6.24. The molecule has 13 heavy (non-hydrogen) atoms. The van der Waals surface area contributed by atoms with Crippen LogP contribution >= 0.6 is 0 Å². The molecule has 0 aliphatic carbocycles. The Morgan fingerprint density at radius 3 is 2.46 bits per heavy atom. The number of rotatable bonds is 4. The fourth-order valence-corrected chi connectivity index (χ4v) is 1.02. The first kappa shape index (κ1) is 9.70.